The highest BCUT2D eigenvalue weighted by Gasteiger charge is 2.50. The summed E-state index contributed by atoms with van der Waals surface area (Å²) >= 11 is 0. The van der Waals surface area contributed by atoms with Crippen LogP contribution in [-0.2, 0) is 19.9 Å². The summed E-state index contributed by atoms with van der Waals surface area (Å²) in [6.07, 6.45) is 1.07. The Morgan fingerprint density at radius 2 is 1.72 bits per heavy atom. The van der Waals surface area contributed by atoms with Crippen LogP contribution >= 0.6 is 0 Å². The van der Waals surface area contributed by atoms with Gasteiger partial charge in [-0.3, -0.25) is 4.79 Å². The number of piperazine rings is 1. The Balaban J connectivity index is 1.91. The minimum atomic E-state index is -3.54. The lowest BCUT2D eigenvalue weighted by molar-refractivity contribution is 0.0516. The molecule has 2 saturated heterocycles. The minimum Gasteiger partial charge on any atom is -0.497 e. The summed E-state index contributed by atoms with van der Waals surface area (Å²) in [5, 5.41) is 0. The number of fused-ring (bicyclic) bond motifs is 1. The van der Waals surface area contributed by atoms with E-state index in [2.05, 4.69) is 0 Å². The number of amides is 1. The van der Waals surface area contributed by atoms with Crippen molar-refractivity contribution in [1.82, 2.24) is 9.21 Å². The van der Waals surface area contributed by atoms with E-state index in [9.17, 15) is 21.6 Å². The Labute approximate surface area is 147 Å². The number of sulfone groups is 1. The van der Waals surface area contributed by atoms with Gasteiger partial charge in [-0.15, -0.1) is 0 Å². The van der Waals surface area contributed by atoms with Crippen LogP contribution in [-0.4, -0.2) is 82.0 Å². The van der Waals surface area contributed by atoms with Crippen molar-refractivity contribution in [3.63, 3.8) is 0 Å². The number of methoxy groups -OCH3 is 1. The fraction of sp³-hybridized carbons (Fsp3) is 0.533. The molecule has 25 heavy (non-hydrogen) atoms. The molecule has 0 saturated carbocycles. The Morgan fingerprint density at radius 3 is 2.28 bits per heavy atom. The first kappa shape index (κ1) is 18.2. The molecule has 0 aliphatic carbocycles. The van der Waals surface area contributed by atoms with E-state index in [-0.39, 0.29) is 30.5 Å². The van der Waals surface area contributed by atoms with Crippen LogP contribution in [0.25, 0.3) is 0 Å². The van der Waals surface area contributed by atoms with Crippen molar-refractivity contribution in [2.75, 3.05) is 38.0 Å². The summed E-state index contributed by atoms with van der Waals surface area (Å²) in [6, 6.07) is 5.15. The third-order valence-electron chi connectivity index (χ3n) is 4.65. The molecular formula is C15H20N2O6S2. The molecule has 2 aliphatic heterocycles. The highest BCUT2D eigenvalue weighted by Crippen LogP contribution is 2.29. The normalized spacial score (nSPS) is 26.2. The first-order chi connectivity index (χ1) is 11.6. The summed E-state index contributed by atoms with van der Waals surface area (Å²) in [7, 11) is -5.42. The van der Waals surface area contributed by atoms with Crippen molar-refractivity contribution in [2.45, 2.75) is 12.1 Å². The predicted octanol–water partition coefficient (Wildman–Crippen LogP) is -0.422. The largest absolute Gasteiger partial charge is 0.497 e. The van der Waals surface area contributed by atoms with Crippen molar-refractivity contribution < 1.29 is 26.4 Å². The summed E-state index contributed by atoms with van der Waals surface area (Å²) in [5.74, 6) is -0.162. The fourth-order valence-electron chi connectivity index (χ4n) is 3.48. The molecule has 1 amide bonds. The van der Waals surface area contributed by atoms with Gasteiger partial charge in [0.25, 0.3) is 5.91 Å². The first-order valence-corrected chi connectivity index (χ1v) is 11.4. The third-order valence-corrected chi connectivity index (χ3v) is 7.65. The van der Waals surface area contributed by atoms with E-state index in [1.165, 1.54) is 16.3 Å². The fourth-order valence-corrected chi connectivity index (χ4v) is 6.68. The minimum absolute atomic E-state index is 0.0947. The Hall–Kier alpha value is -1.65. The number of nitrogens with zero attached hydrogens (tertiary/aromatic N) is 2. The zero-order valence-electron chi connectivity index (χ0n) is 14.0. The van der Waals surface area contributed by atoms with E-state index in [1.54, 1.807) is 24.3 Å². The molecule has 0 N–H and O–H groups in total. The number of rotatable bonds is 3. The van der Waals surface area contributed by atoms with E-state index in [0.717, 1.165) is 6.26 Å². The standard InChI is InChI=1S/C15H20N2O6S2/c1-23-12-5-3-11(4-6-12)15(18)16-7-8-17(24(2,19)20)14-10-25(21,22)9-13(14)16/h3-6,13-14H,7-10H2,1-2H3/t13-,14+/m0/s1. The van der Waals surface area contributed by atoms with Crippen LogP contribution in [0.3, 0.4) is 0 Å². The molecule has 2 fully saturated rings. The molecule has 1 aromatic carbocycles. The smallest absolute Gasteiger partial charge is 0.254 e. The number of ether oxygens (including phenoxy) is 1. The molecule has 2 aliphatic rings. The average molecular weight is 388 g/mol. The molecular weight excluding hydrogens is 368 g/mol. The molecule has 3 rings (SSSR count). The van der Waals surface area contributed by atoms with Crippen LogP contribution in [0.5, 0.6) is 5.75 Å². The van der Waals surface area contributed by atoms with Crippen LogP contribution in [0.1, 0.15) is 10.4 Å². The summed E-state index contributed by atoms with van der Waals surface area (Å²) < 4.78 is 54.4. The summed E-state index contributed by atoms with van der Waals surface area (Å²) in [4.78, 5) is 14.3. The van der Waals surface area contributed by atoms with Gasteiger partial charge in [0.05, 0.1) is 37.0 Å². The topological polar surface area (TPSA) is 101 Å². The Bertz CT molecular complexity index is 879. The maximum atomic E-state index is 12.8. The number of sulfonamides is 1. The van der Waals surface area contributed by atoms with Crippen LogP contribution < -0.4 is 4.74 Å². The number of hydrogen-bond acceptors (Lipinski definition) is 6. The van der Waals surface area contributed by atoms with Crippen LogP contribution in [0, 0.1) is 0 Å². The second-order valence-electron chi connectivity index (χ2n) is 6.31. The van der Waals surface area contributed by atoms with E-state index in [1.807, 2.05) is 0 Å². The van der Waals surface area contributed by atoms with E-state index in [4.69, 9.17) is 4.74 Å². The summed E-state index contributed by atoms with van der Waals surface area (Å²) in [6.45, 7) is 0.256. The molecule has 2 heterocycles. The molecule has 0 unspecified atom stereocenters. The molecule has 10 heteroatoms. The van der Waals surface area contributed by atoms with Gasteiger partial charge in [0.15, 0.2) is 9.84 Å². The van der Waals surface area contributed by atoms with Gasteiger partial charge < -0.3 is 9.64 Å². The summed E-state index contributed by atoms with van der Waals surface area (Å²) in [5.41, 5.74) is 0.414. The number of carbonyl (C=O) groups excluding carboxylic acids is 1. The number of benzene rings is 1. The first-order valence-electron chi connectivity index (χ1n) is 7.74. The number of carbonyl (C=O) groups is 1. The van der Waals surface area contributed by atoms with E-state index in [0.29, 0.717) is 11.3 Å². The number of hydrogen-bond donors (Lipinski definition) is 0. The Kier molecular flexibility index (Phi) is 4.54. The molecule has 0 aromatic heterocycles. The lowest BCUT2D eigenvalue weighted by atomic mass is 10.1. The molecule has 0 spiro atoms. The van der Waals surface area contributed by atoms with Crippen LogP contribution in [0.15, 0.2) is 24.3 Å². The van der Waals surface area contributed by atoms with Gasteiger partial charge in [-0.1, -0.05) is 0 Å². The van der Waals surface area contributed by atoms with Gasteiger partial charge in [0.1, 0.15) is 5.75 Å². The van der Waals surface area contributed by atoms with E-state index < -0.39 is 31.9 Å². The predicted molar refractivity (Wildman–Crippen MR) is 91.8 cm³/mol. The second kappa shape index (κ2) is 6.26. The van der Waals surface area contributed by atoms with Gasteiger partial charge >= 0.3 is 0 Å². The Morgan fingerprint density at radius 1 is 1.12 bits per heavy atom. The molecule has 0 bridgehead atoms. The van der Waals surface area contributed by atoms with Crippen molar-refractivity contribution in [3.05, 3.63) is 29.8 Å². The second-order valence-corrected chi connectivity index (χ2v) is 10.4. The van der Waals surface area contributed by atoms with Gasteiger partial charge in [-0.25, -0.2) is 16.8 Å². The molecule has 8 nitrogen and oxygen atoms in total. The van der Waals surface area contributed by atoms with E-state index >= 15 is 0 Å². The quantitative estimate of drug-likeness (QED) is 0.697. The molecule has 2 atom stereocenters. The molecule has 138 valence electrons. The third kappa shape index (κ3) is 3.51. The lowest BCUT2D eigenvalue weighted by Crippen LogP contribution is -2.61. The molecule has 1 aromatic rings. The zero-order chi connectivity index (χ0) is 18.4. The van der Waals surface area contributed by atoms with Gasteiger partial charge in [0.2, 0.25) is 10.0 Å². The van der Waals surface area contributed by atoms with Crippen LogP contribution in [0.2, 0.25) is 0 Å². The van der Waals surface area contributed by atoms with Gasteiger partial charge in [-0.2, -0.15) is 4.31 Å². The molecule has 0 radical (unpaired) electrons. The van der Waals surface area contributed by atoms with Gasteiger partial charge in [0, 0.05) is 18.7 Å². The average Bonchev–Trinajstić information content (AvgIpc) is 2.86. The zero-order valence-corrected chi connectivity index (χ0v) is 15.6. The van der Waals surface area contributed by atoms with Crippen molar-refractivity contribution in [2.24, 2.45) is 0 Å². The highest BCUT2D eigenvalue weighted by atomic mass is 32.2. The lowest BCUT2D eigenvalue weighted by Gasteiger charge is -2.42. The highest BCUT2D eigenvalue weighted by molar-refractivity contribution is 7.92. The van der Waals surface area contributed by atoms with Crippen molar-refractivity contribution in [1.29, 1.82) is 0 Å². The SMILES string of the molecule is COc1ccc(C(=O)N2CCN(S(C)(=O)=O)[C@@H]3CS(=O)(=O)C[C@@H]32)cc1. The maximum Gasteiger partial charge on any atom is 0.254 e. The monoisotopic (exact) mass is 388 g/mol. The van der Waals surface area contributed by atoms with Gasteiger partial charge in [-0.05, 0) is 24.3 Å². The maximum absolute atomic E-state index is 12.8. The van der Waals surface area contributed by atoms with Crippen molar-refractivity contribution in [3.8, 4) is 5.75 Å². The van der Waals surface area contributed by atoms with Crippen molar-refractivity contribution >= 4 is 25.8 Å². The van der Waals surface area contributed by atoms with Crippen LogP contribution in [0.4, 0.5) is 0 Å².